The molecule has 0 atom stereocenters. The molecular formula is C12H19N3O2. The molecule has 0 aliphatic heterocycles. The third-order valence-corrected chi connectivity index (χ3v) is 2.81. The van der Waals surface area contributed by atoms with Crippen molar-refractivity contribution in [3.63, 3.8) is 0 Å². The van der Waals surface area contributed by atoms with Crippen molar-refractivity contribution in [2.24, 2.45) is 0 Å². The maximum Gasteiger partial charge on any atom is 0.273 e. The number of carbonyl (C=O) groups is 1. The lowest BCUT2D eigenvalue weighted by atomic mass is 10.3. The molecule has 0 spiro atoms. The maximum atomic E-state index is 11.7. The molecule has 0 bridgehead atoms. The van der Waals surface area contributed by atoms with Gasteiger partial charge < -0.3 is 14.7 Å². The van der Waals surface area contributed by atoms with Gasteiger partial charge in [0.2, 0.25) is 0 Å². The number of hydrogen-bond donors (Lipinski definition) is 1. The largest absolute Gasteiger partial charge is 0.360 e. The normalized spacial score (nSPS) is 15.2. The zero-order valence-electron chi connectivity index (χ0n) is 10.4. The maximum absolute atomic E-state index is 11.7. The van der Waals surface area contributed by atoms with Gasteiger partial charge in [-0.1, -0.05) is 5.16 Å². The van der Waals surface area contributed by atoms with Crippen molar-refractivity contribution in [1.29, 1.82) is 0 Å². The highest BCUT2D eigenvalue weighted by Gasteiger charge is 2.28. The molecule has 1 aromatic rings. The number of nitrogens with one attached hydrogen (secondary N) is 1. The molecule has 94 valence electrons. The van der Waals surface area contributed by atoms with Crippen LogP contribution in [-0.4, -0.2) is 43.1 Å². The van der Waals surface area contributed by atoms with Crippen molar-refractivity contribution < 1.29 is 9.32 Å². The molecule has 5 heteroatoms. The van der Waals surface area contributed by atoms with Crippen molar-refractivity contribution in [2.75, 3.05) is 27.2 Å². The van der Waals surface area contributed by atoms with Gasteiger partial charge in [-0.25, -0.2) is 0 Å². The molecular weight excluding hydrogens is 218 g/mol. The quantitative estimate of drug-likeness (QED) is 0.756. The van der Waals surface area contributed by atoms with E-state index >= 15 is 0 Å². The second-order valence-electron chi connectivity index (χ2n) is 4.80. The van der Waals surface area contributed by atoms with Gasteiger partial charge in [-0.3, -0.25) is 4.79 Å². The van der Waals surface area contributed by atoms with Crippen molar-refractivity contribution in [3.8, 4) is 0 Å². The fraction of sp³-hybridized carbons (Fsp3) is 0.667. The van der Waals surface area contributed by atoms with Gasteiger partial charge >= 0.3 is 0 Å². The van der Waals surface area contributed by atoms with Crippen molar-refractivity contribution in [3.05, 3.63) is 17.5 Å². The first-order chi connectivity index (χ1) is 8.16. The molecule has 1 fully saturated rings. The second-order valence-corrected chi connectivity index (χ2v) is 4.80. The van der Waals surface area contributed by atoms with Gasteiger partial charge in [0.25, 0.3) is 5.91 Å². The Morgan fingerprint density at radius 2 is 2.35 bits per heavy atom. The number of hydrogen-bond acceptors (Lipinski definition) is 4. The van der Waals surface area contributed by atoms with Gasteiger partial charge in [0.05, 0.1) is 0 Å². The number of rotatable bonds is 6. The molecule has 1 saturated carbocycles. The third kappa shape index (κ3) is 3.56. The van der Waals surface area contributed by atoms with Gasteiger partial charge in [-0.05, 0) is 39.9 Å². The van der Waals surface area contributed by atoms with E-state index in [1.165, 1.54) is 0 Å². The van der Waals surface area contributed by atoms with E-state index in [0.717, 1.165) is 31.6 Å². The molecule has 0 unspecified atom stereocenters. The highest BCUT2D eigenvalue weighted by atomic mass is 16.5. The summed E-state index contributed by atoms with van der Waals surface area (Å²) in [6.07, 6.45) is 3.24. The van der Waals surface area contributed by atoms with Crippen LogP contribution in [0.1, 0.15) is 41.4 Å². The minimum Gasteiger partial charge on any atom is -0.360 e. The van der Waals surface area contributed by atoms with E-state index < -0.39 is 0 Å². The van der Waals surface area contributed by atoms with Crippen LogP contribution in [-0.2, 0) is 0 Å². The molecule has 1 aromatic heterocycles. The number of aromatic nitrogens is 1. The fourth-order valence-corrected chi connectivity index (χ4v) is 1.64. The van der Waals surface area contributed by atoms with Crippen LogP contribution >= 0.6 is 0 Å². The van der Waals surface area contributed by atoms with Crippen LogP contribution in [0.25, 0.3) is 0 Å². The summed E-state index contributed by atoms with van der Waals surface area (Å²) in [5.74, 6) is 1.21. The van der Waals surface area contributed by atoms with Crippen LogP contribution in [0.2, 0.25) is 0 Å². The highest BCUT2D eigenvalue weighted by Crippen LogP contribution is 2.40. The monoisotopic (exact) mass is 237 g/mol. The van der Waals surface area contributed by atoms with Gasteiger partial charge in [0, 0.05) is 18.5 Å². The minimum atomic E-state index is -0.139. The van der Waals surface area contributed by atoms with Crippen LogP contribution in [0.5, 0.6) is 0 Å². The number of carbonyl (C=O) groups excluding carboxylic acids is 1. The number of amides is 1. The second kappa shape index (κ2) is 5.31. The Hall–Kier alpha value is -1.36. The number of nitrogens with zero attached hydrogens (tertiary/aromatic N) is 2. The summed E-state index contributed by atoms with van der Waals surface area (Å²) in [5, 5.41) is 6.63. The molecule has 5 nitrogen and oxygen atoms in total. The van der Waals surface area contributed by atoms with Crippen molar-refractivity contribution >= 4 is 5.91 Å². The molecule has 17 heavy (non-hydrogen) atoms. The first-order valence-electron chi connectivity index (χ1n) is 6.06. The summed E-state index contributed by atoms with van der Waals surface area (Å²) in [6.45, 7) is 1.63. The standard InChI is InChI=1S/C12H19N3O2/c1-15(2)7-3-6-13-12(16)10-8-11(17-14-10)9-4-5-9/h8-9H,3-7H2,1-2H3,(H,13,16). The Labute approximate surface area is 101 Å². The lowest BCUT2D eigenvalue weighted by Gasteiger charge is -2.08. The summed E-state index contributed by atoms with van der Waals surface area (Å²) in [4.78, 5) is 13.8. The predicted octanol–water partition coefficient (Wildman–Crippen LogP) is 1.23. The molecule has 1 N–H and O–H groups in total. The molecule has 0 radical (unpaired) electrons. The SMILES string of the molecule is CN(C)CCCNC(=O)c1cc(C2CC2)on1. The zero-order chi connectivity index (χ0) is 12.3. The molecule has 1 aliphatic rings. The lowest BCUT2D eigenvalue weighted by Crippen LogP contribution is -2.27. The van der Waals surface area contributed by atoms with E-state index in [1.807, 2.05) is 14.1 Å². The van der Waals surface area contributed by atoms with E-state index in [2.05, 4.69) is 15.4 Å². The Balaban J connectivity index is 1.74. The van der Waals surface area contributed by atoms with Crippen LogP contribution in [0.15, 0.2) is 10.6 Å². The molecule has 0 saturated heterocycles. The third-order valence-electron chi connectivity index (χ3n) is 2.81. The Bertz CT molecular complexity index is 383. The van der Waals surface area contributed by atoms with Gasteiger partial charge in [-0.2, -0.15) is 0 Å². The fourth-order valence-electron chi connectivity index (χ4n) is 1.64. The zero-order valence-corrected chi connectivity index (χ0v) is 10.4. The van der Waals surface area contributed by atoms with E-state index in [0.29, 0.717) is 18.2 Å². The lowest BCUT2D eigenvalue weighted by molar-refractivity contribution is 0.0943. The molecule has 2 rings (SSSR count). The molecule has 1 amide bonds. The summed E-state index contributed by atoms with van der Waals surface area (Å²) in [7, 11) is 4.03. The summed E-state index contributed by atoms with van der Waals surface area (Å²) in [6, 6.07) is 1.76. The van der Waals surface area contributed by atoms with Gasteiger partial charge in [0.15, 0.2) is 5.69 Å². The van der Waals surface area contributed by atoms with E-state index in [1.54, 1.807) is 6.07 Å². The van der Waals surface area contributed by atoms with Gasteiger partial charge in [0.1, 0.15) is 5.76 Å². The van der Waals surface area contributed by atoms with Crippen LogP contribution in [0, 0.1) is 0 Å². The van der Waals surface area contributed by atoms with Crippen molar-refractivity contribution in [2.45, 2.75) is 25.2 Å². The molecule has 1 heterocycles. The van der Waals surface area contributed by atoms with Crippen LogP contribution < -0.4 is 5.32 Å². The summed E-state index contributed by atoms with van der Waals surface area (Å²) < 4.78 is 5.14. The summed E-state index contributed by atoms with van der Waals surface area (Å²) in [5.41, 5.74) is 0.400. The average Bonchev–Trinajstić information content (AvgIpc) is 3.02. The van der Waals surface area contributed by atoms with Crippen LogP contribution in [0.4, 0.5) is 0 Å². The topological polar surface area (TPSA) is 58.4 Å². The predicted molar refractivity (Wildman–Crippen MR) is 64.0 cm³/mol. The minimum absolute atomic E-state index is 0.139. The molecule has 1 aliphatic carbocycles. The summed E-state index contributed by atoms with van der Waals surface area (Å²) >= 11 is 0. The smallest absolute Gasteiger partial charge is 0.273 e. The van der Waals surface area contributed by atoms with E-state index in [9.17, 15) is 4.79 Å². The Morgan fingerprint density at radius 1 is 1.59 bits per heavy atom. The van der Waals surface area contributed by atoms with Gasteiger partial charge in [-0.15, -0.1) is 0 Å². The van der Waals surface area contributed by atoms with E-state index in [4.69, 9.17) is 4.52 Å². The molecule has 0 aromatic carbocycles. The average molecular weight is 237 g/mol. The Morgan fingerprint density at radius 3 is 3.00 bits per heavy atom. The van der Waals surface area contributed by atoms with Crippen LogP contribution in [0.3, 0.4) is 0 Å². The highest BCUT2D eigenvalue weighted by molar-refractivity contribution is 5.92. The van der Waals surface area contributed by atoms with E-state index in [-0.39, 0.29) is 5.91 Å². The Kier molecular flexibility index (Phi) is 3.78. The first kappa shape index (κ1) is 12.1. The first-order valence-corrected chi connectivity index (χ1v) is 6.06. The van der Waals surface area contributed by atoms with Crippen molar-refractivity contribution in [1.82, 2.24) is 15.4 Å².